The van der Waals surface area contributed by atoms with E-state index in [0.29, 0.717) is 18.8 Å². The summed E-state index contributed by atoms with van der Waals surface area (Å²) in [5.41, 5.74) is 6.98. The van der Waals surface area contributed by atoms with E-state index in [0.717, 1.165) is 5.56 Å². The lowest BCUT2D eigenvalue weighted by molar-refractivity contribution is 0.130. The van der Waals surface area contributed by atoms with Crippen LogP contribution in [-0.4, -0.2) is 50.6 Å². The quantitative estimate of drug-likeness (QED) is 0.727. The molecule has 0 aliphatic rings. The number of aliphatic hydroxyl groups is 1. The zero-order valence-corrected chi connectivity index (χ0v) is 11.5. The van der Waals surface area contributed by atoms with Crippen molar-refractivity contribution in [2.75, 3.05) is 37.9 Å². The van der Waals surface area contributed by atoms with Gasteiger partial charge >= 0.3 is 0 Å². The third kappa shape index (κ3) is 5.48. The monoisotopic (exact) mass is 272 g/mol. The Hall–Kier alpha value is -1.11. The van der Waals surface area contributed by atoms with E-state index >= 15 is 0 Å². The van der Waals surface area contributed by atoms with Crippen molar-refractivity contribution in [3.63, 3.8) is 0 Å². The standard InChI is InChI=1S/C12H20N2O3S/c1-14(6-7-18(2,16)17)9-12(15)10-4-3-5-11(13)8-10/h3-5,8,12,15H,6-7,9,13H2,1-2H3. The predicted octanol–water partition coefficient (Wildman–Crippen LogP) is 0.279. The minimum absolute atomic E-state index is 0.0904. The first kappa shape index (κ1) is 14.9. The van der Waals surface area contributed by atoms with Gasteiger partial charge in [-0.2, -0.15) is 0 Å². The molecule has 1 atom stereocenters. The van der Waals surface area contributed by atoms with Crippen molar-refractivity contribution in [3.8, 4) is 0 Å². The summed E-state index contributed by atoms with van der Waals surface area (Å²) in [5, 5.41) is 10.00. The molecule has 0 amide bonds. The topological polar surface area (TPSA) is 83.6 Å². The number of hydrogen-bond acceptors (Lipinski definition) is 5. The third-order valence-electron chi connectivity index (χ3n) is 2.62. The number of likely N-dealkylation sites (N-methyl/N-ethyl adjacent to an activating group) is 1. The van der Waals surface area contributed by atoms with Crippen LogP contribution in [0.3, 0.4) is 0 Å². The molecule has 0 saturated heterocycles. The Labute approximate surface area is 108 Å². The lowest BCUT2D eigenvalue weighted by Crippen LogP contribution is -2.29. The average Bonchev–Trinajstić information content (AvgIpc) is 2.25. The number of rotatable bonds is 6. The van der Waals surface area contributed by atoms with Crippen LogP contribution >= 0.6 is 0 Å². The van der Waals surface area contributed by atoms with Gasteiger partial charge in [0.1, 0.15) is 9.84 Å². The summed E-state index contributed by atoms with van der Waals surface area (Å²) in [6, 6.07) is 7.05. The molecule has 1 rings (SSSR count). The largest absolute Gasteiger partial charge is 0.399 e. The van der Waals surface area contributed by atoms with Crippen LogP contribution in [0.1, 0.15) is 11.7 Å². The van der Waals surface area contributed by atoms with Crippen LogP contribution in [0.4, 0.5) is 5.69 Å². The van der Waals surface area contributed by atoms with Gasteiger partial charge in [-0.25, -0.2) is 8.42 Å². The van der Waals surface area contributed by atoms with E-state index in [9.17, 15) is 13.5 Å². The van der Waals surface area contributed by atoms with Crippen molar-refractivity contribution in [2.24, 2.45) is 0 Å². The summed E-state index contributed by atoms with van der Waals surface area (Å²) in [7, 11) is -1.19. The van der Waals surface area contributed by atoms with Crippen molar-refractivity contribution < 1.29 is 13.5 Å². The van der Waals surface area contributed by atoms with Crippen LogP contribution in [0.5, 0.6) is 0 Å². The van der Waals surface area contributed by atoms with Crippen molar-refractivity contribution in [1.82, 2.24) is 4.90 Å². The molecular weight excluding hydrogens is 252 g/mol. The van der Waals surface area contributed by atoms with Gasteiger partial charge in [-0.1, -0.05) is 12.1 Å². The number of nitrogen functional groups attached to an aromatic ring is 1. The van der Waals surface area contributed by atoms with Gasteiger partial charge in [-0.3, -0.25) is 0 Å². The lowest BCUT2D eigenvalue weighted by atomic mass is 10.1. The minimum atomic E-state index is -2.97. The fourth-order valence-corrected chi connectivity index (χ4v) is 2.22. The van der Waals surface area contributed by atoms with Gasteiger partial charge < -0.3 is 15.7 Å². The van der Waals surface area contributed by atoms with Gasteiger partial charge in [-0.05, 0) is 24.7 Å². The second-order valence-corrected chi connectivity index (χ2v) is 6.84. The first-order valence-electron chi connectivity index (χ1n) is 5.68. The number of aliphatic hydroxyl groups excluding tert-OH is 1. The smallest absolute Gasteiger partial charge is 0.148 e. The Bertz CT molecular complexity index is 488. The Morgan fingerprint density at radius 2 is 2.11 bits per heavy atom. The fourth-order valence-electron chi connectivity index (χ4n) is 1.58. The minimum Gasteiger partial charge on any atom is -0.399 e. The molecule has 1 aromatic rings. The van der Waals surface area contributed by atoms with Gasteiger partial charge in [0.05, 0.1) is 11.9 Å². The molecule has 102 valence electrons. The molecule has 6 heteroatoms. The molecule has 0 heterocycles. The first-order valence-corrected chi connectivity index (χ1v) is 7.74. The Balaban J connectivity index is 2.52. The van der Waals surface area contributed by atoms with E-state index in [-0.39, 0.29) is 5.75 Å². The fraction of sp³-hybridized carbons (Fsp3) is 0.500. The Kier molecular flexibility index (Phi) is 5.13. The number of hydrogen-bond donors (Lipinski definition) is 2. The molecule has 3 N–H and O–H groups in total. The highest BCUT2D eigenvalue weighted by Gasteiger charge is 2.12. The molecule has 0 aliphatic heterocycles. The van der Waals surface area contributed by atoms with Crippen LogP contribution in [-0.2, 0) is 9.84 Å². The lowest BCUT2D eigenvalue weighted by Gasteiger charge is -2.20. The molecule has 0 radical (unpaired) electrons. The van der Waals surface area contributed by atoms with Crippen molar-refractivity contribution in [2.45, 2.75) is 6.10 Å². The van der Waals surface area contributed by atoms with Crippen molar-refractivity contribution in [1.29, 1.82) is 0 Å². The summed E-state index contributed by atoms with van der Waals surface area (Å²) in [4.78, 5) is 1.79. The summed E-state index contributed by atoms with van der Waals surface area (Å²) in [5.74, 6) is 0.0904. The second-order valence-electron chi connectivity index (χ2n) is 4.58. The average molecular weight is 272 g/mol. The van der Waals surface area contributed by atoms with Crippen LogP contribution in [0.15, 0.2) is 24.3 Å². The highest BCUT2D eigenvalue weighted by Crippen LogP contribution is 2.16. The van der Waals surface area contributed by atoms with Crippen LogP contribution in [0.25, 0.3) is 0 Å². The Morgan fingerprint density at radius 1 is 1.44 bits per heavy atom. The molecule has 0 aliphatic carbocycles. The highest BCUT2D eigenvalue weighted by atomic mass is 32.2. The second kappa shape index (κ2) is 6.17. The normalized spacial score (nSPS) is 13.8. The molecular formula is C12H20N2O3S. The number of nitrogens with two attached hydrogens (primary N) is 1. The number of benzene rings is 1. The molecule has 18 heavy (non-hydrogen) atoms. The van der Waals surface area contributed by atoms with Crippen LogP contribution < -0.4 is 5.73 Å². The molecule has 1 unspecified atom stereocenters. The molecule has 1 aromatic carbocycles. The summed E-state index contributed by atoms with van der Waals surface area (Å²) in [6.45, 7) is 0.775. The third-order valence-corrected chi connectivity index (χ3v) is 3.55. The van der Waals surface area contributed by atoms with E-state index in [2.05, 4.69) is 0 Å². The van der Waals surface area contributed by atoms with E-state index in [1.54, 1.807) is 36.2 Å². The van der Waals surface area contributed by atoms with Gasteiger partial charge in [0.15, 0.2) is 0 Å². The summed E-state index contributed by atoms with van der Waals surface area (Å²) in [6.07, 6.45) is 0.535. The van der Waals surface area contributed by atoms with Crippen LogP contribution in [0, 0.1) is 0 Å². The molecule has 0 bridgehead atoms. The van der Waals surface area contributed by atoms with Gasteiger partial charge in [0.2, 0.25) is 0 Å². The zero-order valence-electron chi connectivity index (χ0n) is 10.7. The zero-order chi connectivity index (χ0) is 13.8. The van der Waals surface area contributed by atoms with Gasteiger partial charge in [-0.15, -0.1) is 0 Å². The molecule has 0 spiro atoms. The van der Waals surface area contributed by atoms with Crippen molar-refractivity contribution in [3.05, 3.63) is 29.8 Å². The number of sulfone groups is 1. The van der Waals surface area contributed by atoms with E-state index in [1.807, 2.05) is 0 Å². The molecule has 0 aromatic heterocycles. The maximum absolute atomic E-state index is 11.0. The number of nitrogens with zero attached hydrogens (tertiary/aromatic N) is 1. The molecule has 5 nitrogen and oxygen atoms in total. The SMILES string of the molecule is CN(CCS(C)(=O)=O)CC(O)c1cccc(N)c1. The van der Waals surface area contributed by atoms with Crippen molar-refractivity contribution >= 4 is 15.5 Å². The summed E-state index contributed by atoms with van der Waals surface area (Å²) >= 11 is 0. The highest BCUT2D eigenvalue weighted by molar-refractivity contribution is 7.90. The maximum atomic E-state index is 11.0. The number of anilines is 1. The maximum Gasteiger partial charge on any atom is 0.148 e. The van der Waals surface area contributed by atoms with Gasteiger partial charge in [0, 0.05) is 25.0 Å². The first-order chi connectivity index (χ1) is 8.28. The Morgan fingerprint density at radius 3 is 2.67 bits per heavy atom. The molecule has 0 saturated carbocycles. The van der Waals surface area contributed by atoms with E-state index < -0.39 is 15.9 Å². The van der Waals surface area contributed by atoms with Gasteiger partial charge in [0.25, 0.3) is 0 Å². The van der Waals surface area contributed by atoms with Crippen LogP contribution in [0.2, 0.25) is 0 Å². The predicted molar refractivity (Wildman–Crippen MR) is 73.0 cm³/mol. The molecule has 0 fully saturated rings. The van der Waals surface area contributed by atoms with E-state index in [1.165, 1.54) is 6.26 Å². The summed E-state index contributed by atoms with van der Waals surface area (Å²) < 4.78 is 22.1. The van der Waals surface area contributed by atoms with E-state index in [4.69, 9.17) is 5.73 Å².